The van der Waals surface area contributed by atoms with E-state index in [2.05, 4.69) is 69.0 Å². The molecule has 2 aromatic rings. The van der Waals surface area contributed by atoms with Crippen LogP contribution in [-0.4, -0.2) is 36.2 Å². The first kappa shape index (κ1) is 17.7. The summed E-state index contributed by atoms with van der Waals surface area (Å²) in [7, 11) is 0. The second kappa shape index (κ2) is 7.83. The minimum absolute atomic E-state index is 0.805. The van der Waals surface area contributed by atoms with E-state index in [0.717, 1.165) is 43.9 Å². The van der Waals surface area contributed by atoms with E-state index in [-0.39, 0.29) is 0 Å². The van der Waals surface area contributed by atoms with E-state index in [9.17, 15) is 0 Å². The molecule has 3 heteroatoms. The van der Waals surface area contributed by atoms with Crippen molar-refractivity contribution in [2.24, 2.45) is 0 Å². The molecule has 25 heavy (non-hydrogen) atoms. The molecule has 0 bridgehead atoms. The highest BCUT2D eigenvalue weighted by molar-refractivity contribution is 5.82. The fourth-order valence-corrected chi connectivity index (χ4v) is 3.41. The molecule has 1 aromatic carbocycles. The van der Waals surface area contributed by atoms with E-state index >= 15 is 0 Å². The van der Waals surface area contributed by atoms with Gasteiger partial charge in [-0.3, -0.25) is 0 Å². The number of nitrogens with zero attached hydrogens (tertiary/aromatic N) is 2. The molecule has 0 amide bonds. The SMILES string of the molecule is CC/C(=C\C(=C(C)C)N1CCOCC1)c1nc2ccccc2cc1C. The molecule has 0 radical (unpaired) electrons. The summed E-state index contributed by atoms with van der Waals surface area (Å²) in [6.07, 6.45) is 3.30. The highest BCUT2D eigenvalue weighted by atomic mass is 16.5. The lowest BCUT2D eigenvalue weighted by Gasteiger charge is -2.31. The van der Waals surface area contributed by atoms with E-state index in [1.807, 2.05) is 0 Å². The zero-order valence-electron chi connectivity index (χ0n) is 15.8. The average molecular weight is 336 g/mol. The minimum atomic E-state index is 0.805. The molecule has 1 aromatic heterocycles. The Hall–Kier alpha value is -2.13. The number of pyridine rings is 1. The normalized spacial score (nSPS) is 15.5. The largest absolute Gasteiger partial charge is 0.378 e. The van der Waals surface area contributed by atoms with Crippen molar-refractivity contribution in [3.8, 4) is 0 Å². The molecule has 0 spiro atoms. The average Bonchev–Trinajstić information content (AvgIpc) is 2.63. The summed E-state index contributed by atoms with van der Waals surface area (Å²) in [5.74, 6) is 0. The van der Waals surface area contributed by atoms with Crippen molar-refractivity contribution in [1.29, 1.82) is 0 Å². The molecule has 1 aliphatic rings. The molecule has 3 nitrogen and oxygen atoms in total. The molecule has 0 atom stereocenters. The summed E-state index contributed by atoms with van der Waals surface area (Å²) < 4.78 is 5.52. The molecule has 0 N–H and O–H groups in total. The zero-order chi connectivity index (χ0) is 17.8. The van der Waals surface area contributed by atoms with Crippen molar-refractivity contribution >= 4 is 16.5 Å². The highest BCUT2D eigenvalue weighted by Gasteiger charge is 2.15. The Labute approximate surface area is 151 Å². The van der Waals surface area contributed by atoms with Crippen LogP contribution in [0.5, 0.6) is 0 Å². The maximum absolute atomic E-state index is 5.52. The van der Waals surface area contributed by atoms with Crippen molar-refractivity contribution in [3.05, 3.63) is 58.9 Å². The van der Waals surface area contributed by atoms with Gasteiger partial charge in [-0.15, -0.1) is 0 Å². The van der Waals surface area contributed by atoms with Crippen LogP contribution in [0.1, 0.15) is 38.4 Å². The molecule has 1 aliphatic heterocycles. The number of morpholine rings is 1. The molecule has 2 heterocycles. The Morgan fingerprint density at radius 1 is 1.20 bits per heavy atom. The lowest BCUT2D eigenvalue weighted by Crippen LogP contribution is -2.35. The van der Waals surface area contributed by atoms with Gasteiger partial charge < -0.3 is 9.64 Å². The van der Waals surface area contributed by atoms with Crippen LogP contribution in [0.3, 0.4) is 0 Å². The second-order valence-electron chi connectivity index (χ2n) is 6.85. The third-order valence-corrected chi connectivity index (χ3v) is 4.77. The van der Waals surface area contributed by atoms with Crippen LogP contribution in [0.15, 0.2) is 47.7 Å². The molecule has 0 saturated carbocycles. The van der Waals surface area contributed by atoms with Crippen molar-refractivity contribution in [2.45, 2.75) is 34.1 Å². The molecular weight excluding hydrogens is 308 g/mol. The van der Waals surface area contributed by atoms with Crippen LogP contribution < -0.4 is 0 Å². The topological polar surface area (TPSA) is 25.4 Å². The Balaban J connectivity index is 2.04. The number of aromatic nitrogens is 1. The van der Waals surface area contributed by atoms with Crippen LogP contribution >= 0.6 is 0 Å². The summed E-state index contributed by atoms with van der Waals surface area (Å²) in [4.78, 5) is 7.40. The van der Waals surface area contributed by atoms with E-state index in [0.29, 0.717) is 0 Å². The Morgan fingerprint density at radius 2 is 1.92 bits per heavy atom. The molecule has 0 aliphatic carbocycles. The van der Waals surface area contributed by atoms with Gasteiger partial charge in [0, 0.05) is 24.2 Å². The summed E-state index contributed by atoms with van der Waals surface area (Å²) in [6.45, 7) is 12.3. The lowest BCUT2D eigenvalue weighted by atomic mass is 10.0. The fourth-order valence-electron chi connectivity index (χ4n) is 3.41. The number of benzene rings is 1. The number of hydrogen-bond donors (Lipinski definition) is 0. The standard InChI is InChI=1S/C22H28N2O/c1-5-18(15-21(16(2)3)24-10-12-25-13-11-24)22-17(4)14-19-8-6-7-9-20(19)23-22/h6-9,14-15H,5,10-13H2,1-4H3/b18-15+. The Morgan fingerprint density at radius 3 is 2.60 bits per heavy atom. The smallest absolute Gasteiger partial charge is 0.0709 e. The molecule has 3 rings (SSSR count). The molecular formula is C22H28N2O. The molecule has 0 unspecified atom stereocenters. The summed E-state index contributed by atoms with van der Waals surface area (Å²) >= 11 is 0. The Bertz CT molecular complexity index is 810. The predicted octanol–water partition coefficient (Wildman–Crippen LogP) is 4.96. The molecule has 1 fully saturated rings. The number of allylic oxidation sites excluding steroid dienone is 3. The monoisotopic (exact) mass is 336 g/mol. The highest BCUT2D eigenvalue weighted by Crippen LogP contribution is 2.27. The third kappa shape index (κ3) is 3.93. The predicted molar refractivity (Wildman–Crippen MR) is 106 cm³/mol. The quantitative estimate of drug-likeness (QED) is 0.738. The van der Waals surface area contributed by atoms with Gasteiger partial charge in [0.05, 0.1) is 24.4 Å². The van der Waals surface area contributed by atoms with E-state index in [1.165, 1.54) is 27.8 Å². The van der Waals surface area contributed by atoms with Crippen LogP contribution in [0.2, 0.25) is 0 Å². The lowest BCUT2D eigenvalue weighted by molar-refractivity contribution is 0.0550. The summed E-state index contributed by atoms with van der Waals surface area (Å²) in [5.41, 5.74) is 7.37. The van der Waals surface area contributed by atoms with E-state index in [4.69, 9.17) is 9.72 Å². The van der Waals surface area contributed by atoms with Crippen LogP contribution in [0, 0.1) is 6.92 Å². The van der Waals surface area contributed by atoms with E-state index in [1.54, 1.807) is 0 Å². The number of fused-ring (bicyclic) bond motifs is 1. The number of hydrogen-bond acceptors (Lipinski definition) is 3. The first-order chi connectivity index (χ1) is 12.1. The summed E-state index contributed by atoms with van der Waals surface area (Å²) in [6, 6.07) is 10.6. The van der Waals surface area contributed by atoms with Gasteiger partial charge in [-0.25, -0.2) is 4.98 Å². The van der Waals surface area contributed by atoms with Gasteiger partial charge in [0.25, 0.3) is 0 Å². The second-order valence-corrected chi connectivity index (χ2v) is 6.85. The van der Waals surface area contributed by atoms with Gasteiger partial charge in [-0.1, -0.05) is 30.7 Å². The zero-order valence-corrected chi connectivity index (χ0v) is 15.8. The van der Waals surface area contributed by atoms with Crippen LogP contribution in [-0.2, 0) is 4.74 Å². The maximum Gasteiger partial charge on any atom is 0.0709 e. The summed E-state index contributed by atoms with van der Waals surface area (Å²) in [5, 5.41) is 1.20. The first-order valence-electron chi connectivity index (χ1n) is 9.17. The molecule has 132 valence electrons. The van der Waals surface area contributed by atoms with E-state index < -0.39 is 0 Å². The van der Waals surface area contributed by atoms with Crippen molar-refractivity contribution in [3.63, 3.8) is 0 Å². The van der Waals surface area contributed by atoms with Crippen LogP contribution in [0.25, 0.3) is 16.5 Å². The van der Waals surface area contributed by atoms with Gasteiger partial charge in [0.2, 0.25) is 0 Å². The fraction of sp³-hybridized carbons (Fsp3) is 0.409. The van der Waals surface area contributed by atoms with Gasteiger partial charge in [0.15, 0.2) is 0 Å². The number of aryl methyl sites for hydroxylation is 1. The Kier molecular flexibility index (Phi) is 5.54. The van der Waals surface area contributed by atoms with Crippen molar-refractivity contribution in [2.75, 3.05) is 26.3 Å². The number of rotatable bonds is 4. The first-order valence-corrected chi connectivity index (χ1v) is 9.17. The number of ether oxygens (including phenoxy) is 1. The number of para-hydroxylation sites is 1. The van der Waals surface area contributed by atoms with Gasteiger partial charge in [0.1, 0.15) is 0 Å². The van der Waals surface area contributed by atoms with Gasteiger partial charge in [-0.05, 0) is 56.5 Å². The molecule has 1 saturated heterocycles. The third-order valence-electron chi connectivity index (χ3n) is 4.77. The van der Waals surface area contributed by atoms with Crippen molar-refractivity contribution in [1.82, 2.24) is 9.88 Å². The van der Waals surface area contributed by atoms with Gasteiger partial charge >= 0.3 is 0 Å². The van der Waals surface area contributed by atoms with Crippen molar-refractivity contribution < 1.29 is 4.74 Å². The minimum Gasteiger partial charge on any atom is -0.378 e. The van der Waals surface area contributed by atoms with Gasteiger partial charge in [-0.2, -0.15) is 0 Å². The maximum atomic E-state index is 5.52. The van der Waals surface area contributed by atoms with Crippen LogP contribution in [0.4, 0.5) is 0 Å².